The molecule has 0 unspecified atom stereocenters. The summed E-state index contributed by atoms with van der Waals surface area (Å²) in [4.78, 5) is 2.31. The van der Waals surface area contributed by atoms with Crippen molar-refractivity contribution < 1.29 is 0 Å². The van der Waals surface area contributed by atoms with Crippen LogP contribution in [0.5, 0.6) is 0 Å². The van der Waals surface area contributed by atoms with E-state index >= 15 is 0 Å². The van der Waals surface area contributed by atoms with Gasteiger partial charge >= 0.3 is 0 Å². The zero-order valence-corrected chi connectivity index (χ0v) is 13.4. The van der Waals surface area contributed by atoms with Crippen LogP contribution in [0.4, 0.5) is 5.69 Å². The molecule has 0 aliphatic rings. The Morgan fingerprint density at radius 2 is 1.62 bits per heavy atom. The number of aryl methyl sites for hydroxylation is 1. The van der Waals surface area contributed by atoms with Crippen molar-refractivity contribution >= 4 is 5.69 Å². The van der Waals surface area contributed by atoms with E-state index in [9.17, 15) is 0 Å². The minimum Gasteiger partial charge on any atom is -0.370 e. The Labute approximate surface area is 128 Å². The first-order chi connectivity index (χ1) is 10.2. The summed E-state index contributed by atoms with van der Waals surface area (Å²) in [7, 11) is 2.16. The summed E-state index contributed by atoms with van der Waals surface area (Å²) in [5.74, 6) is 0. The highest BCUT2D eigenvalue weighted by atomic mass is 15.1. The van der Waals surface area contributed by atoms with Gasteiger partial charge in [0.2, 0.25) is 0 Å². The van der Waals surface area contributed by atoms with E-state index in [2.05, 4.69) is 79.6 Å². The lowest BCUT2D eigenvalue weighted by Crippen LogP contribution is -2.20. The molecule has 0 saturated carbocycles. The summed E-state index contributed by atoms with van der Waals surface area (Å²) in [6.07, 6.45) is 1.09. The Bertz CT molecular complexity index is 546. The number of rotatable bonds is 7. The molecule has 0 aromatic heterocycles. The van der Waals surface area contributed by atoms with Crippen LogP contribution in [-0.4, -0.2) is 20.1 Å². The molecule has 1 N–H and O–H groups in total. The molecule has 0 aliphatic heterocycles. The molecule has 21 heavy (non-hydrogen) atoms. The van der Waals surface area contributed by atoms with Gasteiger partial charge in [-0.15, -0.1) is 0 Å². The van der Waals surface area contributed by atoms with Gasteiger partial charge in [-0.1, -0.05) is 48.9 Å². The summed E-state index contributed by atoms with van der Waals surface area (Å²) >= 11 is 0. The molecule has 0 amide bonds. The van der Waals surface area contributed by atoms with Crippen molar-refractivity contribution in [1.82, 2.24) is 5.32 Å². The van der Waals surface area contributed by atoms with E-state index in [-0.39, 0.29) is 0 Å². The van der Waals surface area contributed by atoms with E-state index < -0.39 is 0 Å². The van der Waals surface area contributed by atoms with E-state index in [1.165, 1.54) is 22.4 Å². The highest BCUT2D eigenvalue weighted by Gasteiger charge is 2.06. The highest BCUT2D eigenvalue weighted by Crippen LogP contribution is 2.18. The van der Waals surface area contributed by atoms with E-state index in [0.717, 1.165) is 26.1 Å². The second-order valence-corrected chi connectivity index (χ2v) is 5.56. The Hall–Kier alpha value is -1.80. The number of hydrogen-bond acceptors (Lipinski definition) is 2. The first kappa shape index (κ1) is 15.6. The molecule has 0 saturated heterocycles. The topological polar surface area (TPSA) is 15.3 Å². The van der Waals surface area contributed by atoms with Crippen molar-refractivity contribution in [2.24, 2.45) is 0 Å². The predicted molar refractivity (Wildman–Crippen MR) is 92.0 cm³/mol. The number of nitrogens with zero attached hydrogens (tertiary/aromatic N) is 1. The average molecular weight is 282 g/mol. The molecular formula is C19H26N2. The van der Waals surface area contributed by atoms with E-state index in [1.54, 1.807) is 0 Å². The average Bonchev–Trinajstić information content (AvgIpc) is 2.50. The first-order valence-electron chi connectivity index (χ1n) is 7.76. The van der Waals surface area contributed by atoms with Gasteiger partial charge in [0, 0.05) is 19.3 Å². The fraction of sp³-hybridized carbons (Fsp3) is 0.368. The summed E-state index contributed by atoms with van der Waals surface area (Å²) in [6.45, 7) is 7.30. The van der Waals surface area contributed by atoms with Gasteiger partial charge in [-0.3, -0.25) is 0 Å². The van der Waals surface area contributed by atoms with Crippen molar-refractivity contribution in [3.63, 3.8) is 0 Å². The Balaban J connectivity index is 2.06. The molecule has 0 fully saturated rings. The van der Waals surface area contributed by atoms with Crippen LogP contribution in [-0.2, 0) is 13.0 Å². The minimum absolute atomic E-state index is 0.950. The number of anilines is 1. The van der Waals surface area contributed by atoms with Crippen molar-refractivity contribution in [2.75, 3.05) is 25.0 Å². The summed E-state index contributed by atoms with van der Waals surface area (Å²) in [5, 5.41) is 3.40. The normalized spacial score (nSPS) is 10.6. The number of nitrogens with one attached hydrogen (secondary N) is 1. The maximum atomic E-state index is 3.40. The SMILES string of the molecule is CCNCCc1ccccc1CN(C)c1ccc(C)cc1. The van der Waals surface area contributed by atoms with Gasteiger partial charge in [0.25, 0.3) is 0 Å². The third kappa shape index (κ3) is 4.61. The van der Waals surface area contributed by atoms with Crippen LogP contribution in [0.3, 0.4) is 0 Å². The fourth-order valence-corrected chi connectivity index (χ4v) is 2.50. The molecule has 0 bridgehead atoms. The lowest BCUT2D eigenvalue weighted by Gasteiger charge is -2.21. The quantitative estimate of drug-likeness (QED) is 0.777. The molecule has 2 aromatic rings. The van der Waals surface area contributed by atoms with Crippen molar-refractivity contribution in [2.45, 2.75) is 26.8 Å². The lowest BCUT2D eigenvalue weighted by atomic mass is 10.0. The van der Waals surface area contributed by atoms with Gasteiger partial charge in [0.1, 0.15) is 0 Å². The van der Waals surface area contributed by atoms with Gasteiger partial charge < -0.3 is 10.2 Å². The van der Waals surface area contributed by atoms with E-state index in [0.29, 0.717) is 0 Å². The van der Waals surface area contributed by atoms with Crippen LogP contribution in [0, 0.1) is 6.92 Å². The van der Waals surface area contributed by atoms with E-state index in [1.807, 2.05) is 0 Å². The minimum atomic E-state index is 0.950. The summed E-state index contributed by atoms with van der Waals surface area (Å²) in [6, 6.07) is 17.5. The van der Waals surface area contributed by atoms with Crippen molar-refractivity contribution in [3.8, 4) is 0 Å². The van der Waals surface area contributed by atoms with Gasteiger partial charge in [-0.2, -0.15) is 0 Å². The van der Waals surface area contributed by atoms with Crippen LogP contribution in [0.15, 0.2) is 48.5 Å². The van der Waals surface area contributed by atoms with Crippen molar-refractivity contribution in [1.29, 1.82) is 0 Å². The standard InChI is InChI=1S/C19H26N2/c1-4-20-14-13-17-7-5-6-8-18(17)15-21(3)19-11-9-16(2)10-12-19/h5-12,20H,4,13-15H2,1-3H3. The van der Waals surface area contributed by atoms with Crippen molar-refractivity contribution in [3.05, 3.63) is 65.2 Å². The van der Waals surface area contributed by atoms with Gasteiger partial charge in [-0.05, 0) is 49.7 Å². The molecule has 2 rings (SSSR count). The van der Waals surface area contributed by atoms with Crippen LogP contribution < -0.4 is 10.2 Å². The molecule has 112 valence electrons. The third-order valence-corrected chi connectivity index (χ3v) is 3.82. The summed E-state index contributed by atoms with van der Waals surface area (Å²) in [5.41, 5.74) is 5.43. The zero-order chi connectivity index (χ0) is 15.1. The zero-order valence-electron chi connectivity index (χ0n) is 13.4. The smallest absolute Gasteiger partial charge is 0.0428 e. The molecule has 2 aromatic carbocycles. The second-order valence-electron chi connectivity index (χ2n) is 5.56. The molecule has 0 aliphatic carbocycles. The molecule has 0 atom stereocenters. The van der Waals surface area contributed by atoms with Gasteiger partial charge in [0.15, 0.2) is 0 Å². The third-order valence-electron chi connectivity index (χ3n) is 3.82. The fourth-order valence-electron chi connectivity index (χ4n) is 2.50. The molecule has 0 heterocycles. The number of hydrogen-bond donors (Lipinski definition) is 1. The molecule has 0 radical (unpaired) electrons. The molecular weight excluding hydrogens is 256 g/mol. The maximum Gasteiger partial charge on any atom is 0.0428 e. The Morgan fingerprint density at radius 1 is 0.952 bits per heavy atom. The predicted octanol–water partition coefficient (Wildman–Crippen LogP) is 3.78. The molecule has 2 heteroatoms. The number of likely N-dealkylation sites (N-methyl/N-ethyl adjacent to an activating group) is 1. The van der Waals surface area contributed by atoms with Crippen LogP contribution in [0.2, 0.25) is 0 Å². The monoisotopic (exact) mass is 282 g/mol. The second kappa shape index (κ2) is 7.84. The van der Waals surface area contributed by atoms with Crippen LogP contribution in [0.25, 0.3) is 0 Å². The first-order valence-corrected chi connectivity index (χ1v) is 7.76. The van der Waals surface area contributed by atoms with Gasteiger partial charge in [-0.25, -0.2) is 0 Å². The van der Waals surface area contributed by atoms with E-state index in [4.69, 9.17) is 0 Å². The van der Waals surface area contributed by atoms with Gasteiger partial charge in [0.05, 0.1) is 0 Å². The lowest BCUT2D eigenvalue weighted by molar-refractivity contribution is 0.712. The maximum absolute atomic E-state index is 3.40. The molecule has 0 spiro atoms. The Kier molecular flexibility index (Phi) is 5.82. The summed E-state index contributed by atoms with van der Waals surface area (Å²) < 4.78 is 0. The largest absolute Gasteiger partial charge is 0.370 e. The highest BCUT2D eigenvalue weighted by molar-refractivity contribution is 5.47. The van der Waals surface area contributed by atoms with Crippen LogP contribution in [0.1, 0.15) is 23.6 Å². The molecule has 2 nitrogen and oxygen atoms in total. The van der Waals surface area contributed by atoms with Crippen LogP contribution >= 0.6 is 0 Å². The Morgan fingerprint density at radius 3 is 2.29 bits per heavy atom. The number of benzene rings is 2.